The highest BCUT2D eigenvalue weighted by Crippen LogP contribution is 2.33. The fourth-order valence-electron chi connectivity index (χ4n) is 3.08. The summed E-state index contributed by atoms with van der Waals surface area (Å²) in [7, 11) is 1.52. The van der Waals surface area contributed by atoms with Crippen molar-refractivity contribution in [1.82, 2.24) is 10.9 Å². The number of carbonyl (C=O) groups is 3. The summed E-state index contributed by atoms with van der Waals surface area (Å²) >= 11 is 0. The maximum atomic E-state index is 12.4. The maximum absolute atomic E-state index is 12.4. The number of benzene rings is 2. The third-order valence-corrected chi connectivity index (χ3v) is 4.57. The van der Waals surface area contributed by atoms with Crippen molar-refractivity contribution in [2.24, 2.45) is 5.92 Å². The Morgan fingerprint density at radius 1 is 1.18 bits per heavy atom. The molecule has 3 amide bonds. The van der Waals surface area contributed by atoms with Crippen LogP contribution in [-0.2, 0) is 9.59 Å². The first kappa shape index (κ1) is 19.2. The highest BCUT2D eigenvalue weighted by atomic mass is 16.5. The molecule has 1 atom stereocenters. The second-order valence-corrected chi connectivity index (χ2v) is 6.54. The first-order chi connectivity index (χ1) is 13.4. The molecule has 2 aromatic carbocycles. The molecule has 0 saturated carbocycles. The predicted molar refractivity (Wildman–Crippen MR) is 102 cm³/mol. The van der Waals surface area contributed by atoms with Gasteiger partial charge in [-0.2, -0.15) is 0 Å². The molecule has 1 aliphatic heterocycles. The van der Waals surface area contributed by atoms with Gasteiger partial charge in [0.1, 0.15) is 11.5 Å². The number of carbonyl (C=O) groups excluding carboxylic acids is 3. The minimum absolute atomic E-state index is 0.0232. The van der Waals surface area contributed by atoms with Crippen LogP contribution in [0.25, 0.3) is 0 Å². The van der Waals surface area contributed by atoms with Crippen molar-refractivity contribution in [3.05, 3.63) is 53.6 Å². The molecule has 3 N–H and O–H groups in total. The number of rotatable bonds is 4. The summed E-state index contributed by atoms with van der Waals surface area (Å²) in [6.07, 6.45) is 0.0232. The number of phenols is 1. The van der Waals surface area contributed by atoms with Crippen LogP contribution in [0.15, 0.2) is 42.5 Å². The number of phenolic OH excluding ortho intramolecular Hbond substituents is 1. The molecular weight excluding hydrogens is 362 g/mol. The fourth-order valence-corrected chi connectivity index (χ4v) is 3.08. The highest BCUT2D eigenvalue weighted by Gasteiger charge is 2.36. The molecule has 146 valence electrons. The lowest BCUT2D eigenvalue weighted by atomic mass is 10.1. The minimum Gasteiger partial charge on any atom is -0.507 e. The van der Waals surface area contributed by atoms with Crippen LogP contribution in [0.1, 0.15) is 22.3 Å². The first-order valence-corrected chi connectivity index (χ1v) is 8.74. The molecule has 1 fully saturated rings. The van der Waals surface area contributed by atoms with Gasteiger partial charge in [-0.1, -0.05) is 18.2 Å². The summed E-state index contributed by atoms with van der Waals surface area (Å²) in [6, 6.07) is 11.5. The third-order valence-electron chi connectivity index (χ3n) is 4.57. The summed E-state index contributed by atoms with van der Waals surface area (Å²) in [5.41, 5.74) is 6.20. The van der Waals surface area contributed by atoms with E-state index in [4.69, 9.17) is 4.74 Å². The second kappa shape index (κ2) is 7.99. The quantitative estimate of drug-likeness (QED) is 0.694. The zero-order valence-corrected chi connectivity index (χ0v) is 15.6. The van der Waals surface area contributed by atoms with E-state index < -0.39 is 17.7 Å². The summed E-state index contributed by atoms with van der Waals surface area (Å²) in [5, 5.41) is 9.69. The van der Waals surface area contributed by atoms with Gasteiger partial charge in [0.2, 0.25) is 11.8 Å². The molecule has 0 spiro atoms. The van der Waals surface area contributed by atoms with Gasteiger partial charge in [-0.25, -0.2) is 0 Å². The van der Waals surface area contributed by atoms with E-state index in [0.29, 0.717) is 11.4 Å². The van der Waals surface area contributed by atoms with Gasteiger partial charge in [-0.3, -0.25) is 25.2 Å². The van der Waals surface area contributed by atoms with Crippen molar-refractivity contribution in [3.63, 3.8) is 0 Å². The molecule has 1 saturated heterocycles. The van der Waals surface area contributed by atoms with Gasteiger partial charge in [-0.05, 0) is 36.8 Å². The number of nitrogens with zero attached hydrogens (tertiary/aromatic N) is 1. The number of aromatic hydroxyl groups is 1. The van der Waals surface area contributed by atoms with E-state index >= 15 is 0 Å². The molecule has 1 aliphatic rings. The van der Waals surface area contributed by atoms with Crippen LogP contribution in [0.2, 0.25) is 0 Å². The van der Waals surface area contributed by atoms with Crippen molar-refractivity contribution >= 4 is 23.4 Å². The van der Waals surface area contributed by atoms with E-state index in [0.717, 1.165) is 5.56 Å². The van der Waals surface area contributed by atoms with Crippen LogP contribution >= 0.6 is 0 Å². The molecule has 0 bridgehead atoms. The number of ether oxygens (including phenoxy) is 1. The number of anilines is 1. The van der Waals surface area contributed by atoms with Crippen molar-refractivity contribution in [1.29, 1.82) is 0 Å². The summed E-state index contributed by atoms with van der Waals surface area (Å²) < 4.78 is 5.32. The minimum atomic E-state index is -0.645. The fraction of sp³-hybridized carbons (Fsp3) is 0.250. The number of amides is 3. The Bertz CT molecular complexity index is 928. The largest absolute Gasteiger partial charge is 0.507 e. The van der Waals surface area contributed by atoms with Gasteiger partial charge >= 0.3 is 0 Å². The maximum Gasteiger partial charge on any atom is 0.273 e. The number of hydrogen-bond donors (Lipinski definition) is 3. The molecule has 8 nitrogen and oxygen atoms in total. The van der Waals surface area contributed by atoms with Crippen LogP contribution in [0.3, 0.4) is 0 Å². The van der Waals surface area contributed by atoms with Crippen molar-refractivity contribution in [2.75, 3.05) is 18.6 Å². The predicted octanol–water partition coefficient (Wildman–Crippen LogP) is 1.52. The lowest BCUT2D eigenvalue weighted by Gasteiger charge is -2.20. The Hall–Kier alpha value is -3.55. The van der Waals surface area contributed by atoms with Gasteiger partial charge in [0, 0.05) is 13.0 Å². The Kier molecular flexibility index (Phi) is 5.49. The topological polar surface area (TPSA) is 108 Å². The van der Waals surface area contributed by atoms with Gasteiger partial charge < -0.3 is 14.7 Å². The van der Waals surface area contributed by atoms with Crippen LogP contribution < -0.4 is 20.5 Å². The Labute approximate surface area is 162 Å². The molecule has 0 radical (unpaired) electrons. The molecule has 2 aromatic rings. The number of methoxy groups -OCH3 is 1. The van der Waals surface area contributed by atoms with Crippen LogP contribution in [0, 0.1) is 12.8 Å². The number of para-hydroxylation sites is 1. The lowest BCUT2D eigenvalue weighted by molar-refractivity contribution is -0.126. The SMILES string of the molecule is COc1ccc(C)cc1N1C[C@@H](C(=O)NNC(=O)c2ccccc2O)CC1=O. The molecular formula is C20H21N3O5. The van der Waals surface area contributed by atoms with Gasteiger partial charge in [0.15, 0.2) is 0 Å². The Morgan fingerprint density at radius 3 is 2.64 bits per heavy atom. The Morgan fingerprint density at radius 2 is 1.93 bits per heavy atom. The average molecular weight is 383 g/mol. The zero-order valence-electron chi connectivity index (χ0n) is 15.6. The van der Waals surface area contributed by atoms with Gasteiger partial charge in [0.05, 0.1) is 24.3 Å². The smallest absolute Gasteiger partial charge is 0.273 e. The number of aryl methyl sites for hydroxylation is 1. The molecule has 28 heavy (non-hydrogen) atoms. The van der Waals surface area contributed by atoms with Crippen molar-refractivity contribution in [3.8, 4) is 11.5 Å². The number of hydrazine groups is 1. The molecule has 0 aromatic heterocycles. The van der Waals surface area contributed by atoms with E-state index in [-0.39, 0.29) is 30.2 Å². The van der Waals surface area contributed by atoms with E-state index in [1.165, 1.54) is 24.1 Å². The summed E-state index contributed by atoms with van der Waals surface area (Å²) in [6.45, 7) is 2.08. The van der Waals surface area contributed by atoms with Crippen LogP contribution in [0.4, 0.5) is 5.69 Å². The molecule has 0 aliphatic carbocycles. The van der Waals surface area contributed by atoms with E-state index in [9.17, 15) is 19.5 Å². The Balaban J connectivity index is 1.65. The molecule has 8 heteroatoms. The standard InChI is InChI=1S/C20H21N3O5/c1-12-7-8-17(28-2)15(9-12)23-11-13(10-18(23)25)19(26)21-22-20(27)14-5-3-4-6-16(14)24/h3-9,13,24H,10-11H2,1-2H3,(H,21,26)(H,22,27)/t13-/m0/s1. The van der Waals surface area contributed by atoms with Gasteiger partial charge in [0.25, 0.3) is 5.91 Å². The average Bonchev–Trinajstić information content (AvgIpc) is 3.07. The number of nitrogens with one attached hydrogen (secondary N) is 2. The van der Waals surface area contributed by atoms with Crippen molar-refractivity contribution in [2.45, 2.75) is 13.3 Å². The monoisotopic (exact) mass is 383 g/mol. The molecule has 0 unspecified atom stereocenters. The van der Waals surface area contributed by atoms with Gasteiger partial charge in [-0.15, -0.1) is 0 Å². The highest BCUT2D eigenvalue weighted by molar-refractivity contribution is 6.02. The first-order valence-electron chi connectivity index (χ1n) is 8.74. The summed E-state index contributed by atoms with van der Waals surface area (Å²) in [4.78, 5) is 38.4. The van der Waals surface area contributed by atoms with Crippen molar-refractivity contribution < 1.29 is 24.2 Å². The third kappa shape index (κ3) is 3.90. The molecule has 1 heterocycles. The molecule has 3 rings (SSSR count). The normalized spacial score (nSPS) is 16.0. The van der Waals surface area contributed by atoms with E-state index in [1.807, 2.05) is 19.1 Å². The zero-order chi connectivity index (χ0) is 20.3. The van der Waals surface area contributed by atoms with Crippen LogP contribution in [-0.4, -0.2) is 36.5 Å². The van der Waals surface area contributed by atoms with Crippen LogP contribution in [0.5, 0.6) is 11.5 Å². The number of hydrogen-bond acceptors (Lipinski definition) is 5. The van der Waals surface area contributed by atoms with E-state index in [2.05, 4.69) is 10.9 Å². The second-order valence-electron chi connectivity index (χ2n) is 6.54. The summed E-state index contributed by atoms with van der Waals surface area (Å²) in [5.74, 6) is -1.59. The lowest BCUT2D eigenvalue weighted by Crippen LogP contribution is -2.45. The van der Waals surface area contributed by atoms with E-state index in [1.54, 1.807) is 18.2 Å².